The van der Waals surface area contributed by atoms with Crippen LogP contribution in [-0.2, 0) is 9.05 Å². The molecule has 3 N–H and O–H groups in total. The SMILES string of the molecule is Nc1cc(S(=O)(=O)Cl)[nH]c(=O)c1C(F)F. The maximum absolute atomic E-state index is 12.2. The third-order valence-corrected chi connectivity index (χ3v) is 2.80. The standard InChI is InChI=1S/C6H5ClF2N2O3S/c7-15(13,14)3-1-2(10)4(5(8)9)6(12)11-3/h1,5H,(H3,10,11,12). The first-order chi connectivity index (χ1) is 6.73. The van der Waals surface area contributed by atoms with Crippen LogP contribution in [0, 0.1) is 0 Å². The smallest absolute Gasteiger partial charge is 0.276 e. The predicted octanol–water partition coefficient (Wildman–Crippen LogP) is 0.822. The van der Waals surface area contributed by atoms with Gasteiger partial charge >= 0.3 is 0 Å². The van der Waals surface area contributed by atoms with Crippen LogP contribution in [0.15, 0.2) is 15.9 Å². The van der Waals surface area contributed by atoms with E-state index in [1.807, 2.05) is 0 Å². The molecule has 0 radical (unpaired) electrons. The quantitative estimate of drug-likeness (QED) is 0.768. The van der Waals surface area contributed by atoms with Gasteiger partial charge in [-0.2, -0.15) is 0 Å². The number of anilines is 1. The molecule has 0 unspecified atom stereocenters. The van der Waals surface area contributed by atoms with E-state index in [9.17, 15) is 22.0 Å². The Bertz CT molecular complexity index is 540. The minimum atomic E-state index is -4.20. The van der Waals surface area contributed by atoms with Gasteiger partial charge in [-0.15, -0.1) is 0 Å². The van der Waals surface area contributed by atoms with Crippen LogP contribution in [0.4, 0.5) is 14.5 Å². The van der Waals surface area contributed by atoms with Crippen molar-refractivity contribution in [1.82, 2.24) is 4.98 Å². The summed E-state index contributed by atoms with van der Waals surface area (Å²) in [6.07, 6.45) is -3.08. The largest absolute Gasteiger partial charge is 0.398 e. The van der Waals surface area contributed by atoms with Gasteiger partial charge in [-0.3, -0.25) is 4.79 Å². The first-order valence-electron chi connectivity index (χ1n) is 3.49. The van der Waals surface area contributed by atoms with Crippen LogP contribution >= 0.6 is 10.7 Å². The molecule has 0 spiro atoms. The minimum absolute atomic E-state index is 0.618. The predicted molar refractivity (Wildman–Crippen MR) is 49.5 cm³/mol. The average molecular weight is 259 g/mol. The Hall–Kier alpha value is -1.15. The highest BCUT2D eigenvalue weighted by Crippen LogP contribution is 2.23. The zero-order chi connectivity index (χ0) is 11.8. The van der Waals surface area contributed by atoms with Crippen LogP contribution in [0.5, 0.6) is 0 Å². The topological polar surface area (TPSA) is 93.0 Å². The molecule has 9 heteroatoms. The zero-order valence-electron chi connectivity index (χ0n) is 7.00. The van der Waals surface area contributed by atoms with Gasteiger partial charge in [0.2, 0.25) is 0 Å². The second-order valence-electron chi connectivity index (χ2n) is 2.57. The monoisotopic (exact) mass is 258 g/mol. The Morgan fingerprint density at radius 1 is 1.47 bits per heavy atom. The Morgan fingerprint density at radius 2 is 2.00 bits per heavy atom. The maximum Gasteiger partial charge on any atom is 0.276 e. The van der Waals surface area contributed by atoms with Crippen LogP contribution in [0.1, 0.15) is 12.0 Å². The first-order valence-corrected chi connectivity index (χ1v) is 5.80. The zero-order valence-corrected chi connectivity index (χ0v) is 8.57. The van der Waals surface area contributed by atoms with Gasteiger partial charge in [-0.25, -0.2) is 17.2 Å². The van der Waals surface area contributed by atoms with E-state index in [4.69, 9.17) is 16.4 Å². The summed E-state index contributed by atoms with van der Waals surface area (Å²) in [7, 11) is 0.695. The molecule has 0 atom stereocenters. The lowest BCUT2D eigenvalue weighted by Gasteiger charge is -2.04. The third kappa shape index (κ3) is 2.45. The molecule has 0 amide bonds. The van der Waals surface area contributed by atoms with Crippen molar-refractivity contribution in [2.45, 2.75) is 11.5 Å². The summed E-state index contributed by atoms with van der Waals surface area (Å²) in [5.74, 6) is 0. The Kier molecular flexibility index (Phi) is 3.00. The molecule has 15 heavy (non-hydrogen) atoms. The average Bonchev–Trinajstić information content (AvgIpc) is 1.99. The number of rotatable bonds is 2. The van der Waals surface area contributed by atoms with Crippen molar-refractivity contribution in [3.63, 3.8) is 0 Å². The number of hydrogen-bond donors (Lipinski definition) is 2. The molecule has 0 bridgehead atoms. The number of hydrogen-bond acceptors (Lipinski definition) is 4. The molecule has 0 aliphatic heterocycles. The second-order valence-corrected chi connectivity index (χ2v) is 5.10. The van der Waals surface area contributed by atoms with Gasteiger partial charge in [0.25, 0.3) is 21.0 Å². The maximum atomic E-state index is 12.2. The highest BCUT2D eigenvalue weighted by molar-refractivity contribution is 8.13. The van der Waals surface area contributed by atoms with Crippen molar-refractivity contribution < 1.29 is 17.2 Å². The number of nitrogens with two attached hydrogens (primary N) is 1. The summed E-state index contributed by atoms with van der Waals surface area (Å²) in [5, 5.41) is -0.712. The fraction of sp³-hybridized carbons (Fsp3) is 0.167. The molecular weight excluding hydrogens is 254 g/mol. The number of aromatic nitrogens is 1. The lowest BCUT2D eigenvalue weighted by Crippen LogP contribution is -2.18. The molecule has 84 valence electrons. The Balaban J connectivity index is 3.53. The summed E-state index contributed by atoms with van der Waals surface area (Å²) in [5.41, 5.74) is 2.23. The van der Waals surface area contributed by atoms with Crippen LogP contribution < -0.4 is 11.3 Å². The van der Waals surface area contributed by atoms with Gasteiger partial charge in [-0.1, -0.05) is 0 Å². The van der Waals surface area contributed by atoms with E-state index >= 15 is 0 Å². The highest BCUT2D eigenvalue weighted by atomic mass is 35.7. The third-order valence-electron chi connectivity index (χ3n) is 1.56. The molecule has 0 aromatic carbocycles. The first kappa shape index (κ1) is 11.9. The second kappa shape index (κ2) is 3.78. The summed E-state index contributed by atoms with van der Waals surface area (Å²) in [4.78, 5) is 12.7. The van der Waals surface area contributed by atoms with Gasteiger partial charge in [-0.05, 0) is 6.07 Å². The van der Waals surface area contributed by atoms with E-state index in [0.717, 1.165) is 0 Å². The van der Waals surface area contributed by atoms with Crippen molar-refractivity contribution >= 4 is 25.4 Å². The van der Waals surface area contributed by atoms with Crippen molar-refractivity contribution in [1.29, 1.82) is 0 Å². The molecule has 0 fully saturated rings. The van der Waals surface area contributed by atoms with E-state index in [2.05, 4.69) is 0 Å². The normalized spacial score (nSPS) is 12.0. The minimum Gasteiger partial charge on any atom is -0.398 e. The number of nitrogen functional groups attached to an aromatic ring is 1. The Labute approximate surface area is 87.3 Å². The highest BCUT2D eigenvalue weighted by Gasteiger charge is 2.20. The number of nitrogens with one attached hydrogen (secondary N) is 1. The van der Waals surface area contributed by atoms with Crippen LogP contribution in [0.25, 0.3) is 0 Å². The van der Waals surface area contributed by atoms with Gasteiger partial charge < -0.3 is 10.7 Å². The van der Waals surface area contributed by atoms with Crippen LogP contribution in [0.2, 0.25) is 0 Å². The van der Waals surface area contributed by atoms with E-state index in [1.54, 1.807) is 4.98 Å². The molecule has 1 heterocycles. The number of pyridine rings is 1. The number of halogens is 3. The number of H-pyrrole nitrogens is 1. The van der Waals surface area contributed by atoms with E-state index in [0.29, 0.717) is 6.07 Å². The van der Waals surface area contributed by atoms with Gasteiger partial charge in [0.05, 0.1) is 0 Å². The van der Waals surface area contributed by atoms with Crippen molar-refractivity contribution in [3.8, 4) is 0 Å². The molecule has 5 nitrogen and oxygen atoms in total. The van der Waals surface area contributed by atoms with E-state index in [-0.39, 0.29) is 0 Å². The van der Waals surface area contributed by atoms with Crippen molar-refractivity contribution in [2.24, 2.45) is 0 Å². The van der Waals surface area contributed by atoms with E-state index in [1.165, 1.54) is 0 Å². The molecule has 0 saturated carbocycles. The molecular formula is C6H5ClF2N2O3S. The lowest BCUT2D eigenvalue weighted by atomic mass is 10.2. The molecule has 0 aliphatic rings. The van der Waals surface area contributed by atoms with Crippen molar-refractivity contribution in [3.05, 3.63) is 22.0 Å². The molecule has 1 rings (SSSR count). The molecule has 0 saturated heterocycles. The van der Waals surface area contributed by atoms with Crippen LogP contribution in [0.3, 0.4) is 0 Å². The van der Waals surface area contributed by atoms with Gasteiger partial charge in [0.15, 0.2) is 5.03 Å². The van der Waals surface area contributed by atoms with Crippen LogP contribution in [-0.4, -0.2) is 13.4 Å². The van der Waals surface area contributed by atoms with Gasteiger partial charge in [0, 0.05) is 16.4 Å². The lowest BCUT2D eigenvalue weighted by molar-refractivity contribution is 0.150. The number of aromatic amines is 1. The summed E-state index contributed by atoms with van der Waals surface area (Å²) in [6.45, 7) is 0. The van der Waals surface area contributed by atoms with Crippen molar-refractivity contribution in [2.75, 3.05) is 5.73 Å². The Morgan fingerprint density at radius 3 is 2.33 bits per heavy atom. The van der Waals surface area contributed by atoms with E-state index < -0.39 is 37.3 Å². The summed E-state index contributed by atoms with van der Waals surface area (Å²) >= 11 is 0. The number of alkyl halides is 2. The molecule has 1 aromatic rings. The summed E-state index contributed by atoms with van der Waals surface area (Å²) in [6, 6.07) is 0.672. The molecule has 1 aromatic heterocycles. The van der Waals surface area contributed by atoms with Gasteiger partial charge in [0.1, 0.15) is 5.56 Å². The molecule has 0 aliphatic carbocycles. The summed E-state index contributed by atoms with van der Waals surface area (Å²) < 4.78 is 46.0. The fourth-order valence-electron chi connectivity index (χ4n) is 0.922. The fourth-order valence-corrected chi connectivity index (χ4v) is 1.65.